The lowest BCUT2D eigenvalue weighted by Gasteiger charge is -2.06. The van der Waals surface area contributed by atoms with Gasteiger partial charge in [0.1, 0.15) is 5.75 Å². The highest BCUT2D eigenvalue weighted by Crippen LogP contribution is 2.17. The van der Waals surface area contributed by atoms with Crippen molar-refractivity contribution in [3.8, 4) is 5.75 Å². The Kier molecular flexibility index (Phi) is 3.91. The highest BCUT2D eigenvalue weighted by atomic mass is 79.9. The Morgan fingerprint density at radius 3 is 2.87 bits per heavy atom. The van der Waals surface area contributed by atoms with Crippen LogP contribution in [-0.4, -0.2) is 17.6 Å². The van der Waals surface area contributed by atoms with Crippen LogP contribution in [0.1, 0.15) is 15.9 Å². The quantitative estimate of drug-likeness (QED) is 0.885. The van der Waals surface area contributed by atoms with Crippen LogP contribution in [-0.2, 0) is 0 Å². The van der Waals surface area contributed by atoms with Crippen molar-refractivity contribution in [2.45, 2.75) is 6.92 Å². The average molecular weight is 270 g/mol. The number of carbonyl (C=O) groups excluding carboxylic acids is 1. The van der Waals surface area contributed by atoms with E-state index in [1.807, 2.05) is 6.92 Å². The van der Waals surface area contributed by atoms with Crippen molar-refractivity contribution in [1.29, 1.82) is 0 Å². The summed E-state index contributed by atoms with van der Waals surface area (Å²) in [7, 11) is 0. The molecule has 1 aromatic rings. The molecule has 1 amide bonds. The van der Waals surface area contributed by atoms with Crippen LogP contribution in [0.15, 0.2) is 29.3 Å². The van der Waals surface area contributed by atoms with Crippen LogP contribution in [0, 0.1) is 6.92 Å². The number of amides is 1. The number of phenols is 1. The van der Waals surface area contributed by atoms with Gasteiger partial charge in [0.05, 0.1) is 5.56 Å². The molecule has 0 fully saturated rings. The molecule has 0 heterocycles. The van der Waals surface area contributed by atoms with Crippen molar-refractivity contribution in [1.82, 2.24) is 5.32 Å². The summed E-state index contributed by atoms with van der Waals surface area (Å²) in [6.45, 7) is 5.80. The van der Waals surface area contributed by atoms with Gasteiger partial charge in [0.25, 0.3) is 5.91 Å². The van der Waals surface area contributed by atoms with Gasteiger partial charge in [-0.3, -0.25) is 4.79 Å². The SMILES string of the molecule is C=C(Br)CNC(=O)c1cc(C)ccc1O. The molecule has 0 saturated heterocycles. The third-order valence-corrected chi connectivity index (χ3v) is 2.12. The standard InChI is InChI=1S/C11H12BrNO2/c1-7-3-4-10(14)9(5-7)11(15)13-6-8(2)12/h3-5,14H,2,6H2,1H3,(H,13,15). The van der Waals surface area contributed by atoms with Gasteiger partial charge in [0.2, 0.25) is 0 Å². The summed E-state index contributed by atoms with van der Waals surface area (Å²) in [4.78, 5) is 11.6. The summed E-state index contributed by atoms with van der Waals surface area (Å²) < 4.78 is 0.683. The molecule has 0 aliphatic carbocycles. The number of hydrogen-bond acceptors (Lipinski definition) is 2. The molecular formula is C11H12BrNO2. The maximum Gasteiger partial charge on any atom is 0.255 e. The van der Waals surface area contributed by atoms with Crippen molar-refractivity contribution in [2.75, 3.05) is 6.54 Å². The first-order valence-corrected chi connectivity index (χ1v) is 5.21. The summed E-state index contributed by atoms with van der Waals surface area (Å²) in [6.07, 6.45) is 0. The lowest BCUT2D eigenvalue weighted by Crippen LogP contribution is -2.24. The van der Waals surface area contributed by atoms with E-state index in [0.29, 0.717) is 11.0 Å². The van der Waals surface area contributed by atoms with Gasteiger partial charge in [-0.25, -0.2) is 0 Å². The van der Waals surface area contributed by atoms with Gasteiger partial charge in [-0.05, 0) is 19.1 Å². The molecule has 0 radical (unpaired) electrons. The lowest BCUT2D eigenvalue weighted by atomic mass is 10.1. The number of nitrogens with one attached hydrogen (secondary N) is 1. The van der Waals surface area contributed by atoms with E-state index in [4.69, 9.17) is 0 Å². The number of aryl methyl sites for hydroxylation is 1. The Morgan fingerprint density at radius 2 is 2.27 bits per heavy atom. The highest BCUT2D eigenvalue weighted by molar-refractivity contribution is 9.11. The maximum atomic E-state index is 11.6. The number of aromatic hydroxyl groups is 1. The third-order valence-electron chi connectivity index (χ3n) is 1.84. The van der Waals surface area contributed by atoms with E-state index >= 15 is 0 Å². The first-order valence-electron chi connectivity index (χ1n) is 4.42. The lowest BCUT2D eigenvalue weighted by molar-refractivity contribution is 0.0955. The molecule has 0 saturated carbocycles. The minimum Gasteiger partial charge on any atom is -0.507 e. The molecule has 3 nitrogen and oxygen atoms in total. The van der Waals surface area contributed by atoms with Gasteiger partial charge >= 0.3 is 0 Å². The largest absolute Gasteiger partial charge is 0.507 e. The van der Waals surface area contributed by atoms with Crippen LogP contribution in [0.4, 0.5) is 0 Å². The van der Waals surface area contributed by atoms with Gasteiger partial charge in [-0.2, -0.15) is 0 Å². The fourth-order valence-electron chi connectivity index (χ4n) is 1.10. The Labute approximate surface area is 96.9 Å². The Balaban J connectivity index is 2.81. The Hall–Kier alpha value is -1.29. The summed E-state index contributed by atoms with van der Waals surface area (Å²) >= 11 is 3.14. The molecule has 0 spiro atoms. The van der Waals surface area contributed by atoms with Crippen molar-refractivity contribution in [3.63, 3.8) is 0 Å². The van der Waals surface area contributed by atoms with Crippen LogP contribution < -0.4 is 5.32 Å². The molecule has 0 aromatic heterocycles. The van der Waals surface area contributed by atoms with Gasteiger partial charge in [0, 0.05) is 11.0 Å². The Morgan fingerprint density at radius 1 is 1.60 bits per heavy atom. The predicted molar refractivity (Wildman–Crippen MR) is 63.2 cm³/mol. The van der Waals surface area contributed by atoms with Crippen molar-refractivity contribution in [2.24, 2.45) is 0 Å². The number of halogens is 1. The van der Waals surface area contributed by atoms with E-state index in [1.165, 1.54) is 6.07 Å². The summed E-state index contributed by atoms with van der Waals surface area (Å²) in [5.41, 5.74) is 1.21. The second-order valence-electron chi connectivity index (χ2n) is 3.22. The van der Waals surface area contributed by atoms with E-state index in [9.17, 15) is 9.90 Å². The second kappa shape index (κ2) is 4.98. The number of benzene rings is 1. The summed E-state index contributed by atoms with van der Waals surface area (Å²) in [5.74, 6) is -0.324. The summed E-state index contributed by atoms with van der Waals surface area (Å²) in [5, 5.41) is 12.1. The molecule has 0 aliphatic rings. The maximum absolute atomic E-state index is 11.6. The predicted octanol–water partition coefficient (Wildman–Crippen LogP) is 2.34. The van der Waals surface area contributed by atoms with Crippen LogP contribution in [0.2, 0.25) is 0 Å². The van der Waals surface area contributed by atoms with Gasteiger partial charge in [-0.15, -0.1) is 0 Å². The van der Waals surface area contributed by atoms with E-state index < -0.39 is 0 Å². The van der Waals surface area contributed by atoms with Crippen LogP contribution in [0.25, 0.3) is 0 Å². The fraction of sp³-hybridized carbons (Fsp3) is 0.182. The topological polar surface area (TPSA) is 49.3 Å². The molecule has 15 heavy (non-hydrogen) atoms. The zero-order valence-corrected chi connectivity index (χ0v) is 9.97. The molecule has 0 atom stereocenters. The molecule has 1 aromatic carbocycles. The van der Waals surface area contributed by atoms with Crippen LogP contribution >= 0.6 is 15.9 Å². The second-order valence-corrected chi connectivity index (χ2v) is 4.34. The van der Waals surface area contributed by atoms with Gasteiger partial charge in [-0.1, -0.05) is 34.1 Å². The first-order chi connectivity index (χ1) is 7.00. The number of carbonyl (C=O) groups is 1. The summed E-state index contributed by atoms with van der Waals surface area (Å²) in [6, 6.07) is 4.89. The van der Waals surface area contributed by atoms with E-state index in [0.717, 1.165) is 5.56 Å². The third kappa shape index (κ3) is 3.40. The normalized spacial score (nSPS) is 9.73. The average Bonchev–Trinajstić information content (AvgIpc) is 2.18. The molecule has 0 bridgehead atoms. The minimum atomic E-state index is -0.309. The van der Waals surface area contributed by atoms with Crippen molar-refractivity contribution in [3.05, 3.63) is 40.4 Å². The van der Waals surface area contributed by atoms with E-state index in [-0.39, 0.29) is 17.2 Å². The first kappa shape index (κ1) is 11.8. The minimum absolute atomic E-state index is 0.0155. The molecule has 1 rings (SSSR count). The van der Waals surface area contributed by atoms with Gasteiger partial charge < -0.3 is 10.4 Å². The van der Waals surface area contributed by atoms with Gasteiger partial charge in [0.15, 0.2) is 0 Å². The monoisotopic (exact) mass is 269 g/mol. The van der Waals surface area contributed by atoms with E-state index in [1.54, 1.807) is 12.1 Å². The van der Waals surface area contributed by atoms with Crippen molar-refractivity contribution < 1.29 is 9.90 Å². The molecular weight excluding hydrogens is 258 g/mol. The number of hydrogen-bond donors (Lipinski definition) is 2. The molecule has 4 heteroatoms. The van der Waals surface area contributed by atoms with E-state index in [2.05, 4.69) is 27.8 Å². The fourth-order valence-corrected chi connectivity index (χ4v) is 1.24. The van der Waals surface area contributed by atoms with Crippen LogP contribution in [0.5, 0.6) is 5.75 Å². The zero-order chi connectivity index (χ0) is 11.4. The molecule has 0 aliphatic heterocycles. The molecule has 2 N–H and O–H groups in total. The zero-order valence-electron chi connectivity index (χ0n) is 8.38. The van der Waals surface area contributed by atoms with Crippen molar-refractivity contribution >= 4 is 21.8 Å². The smallest absolute Gasteiger partial charge is 0.255 e. The highest BCUT2D eigenvalue weighted by Gasteiger charge is 2.10. The number of phenolic OH excluding ortho intramolecular Hbond substituents is 1. The number of rotatable bonds is 3. The Bertz CT molecular complexity index is 402. The van der Waals surface area contributed by atoms with Crippen LogP contribution in [0.3, 0.4) is 0 Å². The molecule has 0 unspecified atom stereocenters. The molecule has 80 valence electrons.